The predicted molar refractivity (Wildman–Crippen MR) is 78.0 cm³/mol. The monoisotopic (exact) mass is 361 g/mol. The summed E-state index contributed by atoms with van der Waals surface area (Å²) in [6, 6.07) is 0. The van der Waals surface area contributed by atoms with Crippen LogP contribution in [0.5, 0.6) is 0 Å². The fourth-order valence-electron chi connectivity index (χ4n) is 1.87. The van der Waals surface area contributed by atoms with E-state index in [4.69, 9.17) is 4.52 Å². The van der Waals surface area contributed by atoms with E-state index >= 15 is 0 Å². The number of fused-ring (bicyclic) bond motifs is 1. The third kappa shape index (κ3) is 2.96. The van der Waals surface area contributed by atoms with Gasteiger partial charge in [0.1, 0.15) is 6.26 Å². The Morgan fingerprint density at radius 1 is 1.39 bits per heavy atom. The largest absolute Gasteiger partial charge is 0.610 e. The van der Waals surface area contributed by atoms with E-state index < -0.39 is 29.7 Å². The summed E-state index contributed by atoms with van der Waals surface area (Å²) < 4.78 is 43.0. The van der Waals surface area contributed by atoms with Crippen LogP contribution < -0.4 is 5.56 Å². The third-order valence-electron chi connectivity index (χ3n) is 2.79. The smallest absolute Gasteiger partial charge is 0.304 e. The molecular formula is C11H9F2N5O3S2. The number of nitrogens with zero attached hydrogens (tertiary/aromatic N) is 5. The van der Waals surface area contributed by atoms with Gasteiger partial charge in [0.15, 0.2) is 16.2 Å². The molecule has 0 aliphatic heterocycles. The zero-order valence-corrected chi connectivity index (χ0v) is 13.5. The quantitative estimate of drug-likeness (QED) is 0.642. The van der Waals surface area contributed by atoms with E-state index in [1.807, 2.05) is 0 Å². The number of hydrogen-bond acceptors (Lipinski definition) is 8. The summed E-state index contributed by atoms with van der Waals surface area (Å²) in [4.78, 5) is 24.6. The molecule has 8 nitrogen and oxygen atoms in total. The van der Waals surface area contributed by atoms with Crippen LogP contribution in [0.1, 0.15) is 5.82 Å². The standard InChI is InChI=1S/C11H9F2N5O3S2/c1-4-14-8(21-17-4)7-16-9-6(15-11(22-9)23(2)20)10(19)18(7)3-5(12)13/h5H,3H2,1-2H3. The molecule has 23 heavy (non-hydrogen) atoms. The molecular weight excluding hydrogens is 352 g/mol. The molecule has 0 saturated carbocycles. The topological polar surface area (TPSA) is 110 Å². The lowest BCUT2D eigenvalue weighted by Crippen LogP contribution is -2.26. The predicted octanol–water partition coefficient (Wildman–Crippen LogP) is 1.21. The second kappa shape index (κ2) is 5.94. The Bertz CT molecular complexity index is 920. The molecule has 0 N–H and O–H groups in total. The number of thiazole rings is 1. The van der Waals surface area contributed by atoms with Gasteiger partial charge in [0.2, 0.25) is 5.82 Å². The third-order valence-corrected chi connectivity index (χ3v) is 5.07. The lowest BCUT2D eigenvalue weighted by Gasteiger charge is -2.08. The second-order valence-electron chi connectivity index (χ2n) is 4.48. The Morgan fingerprint density at radius 2 is 2.13 bits per heavy atom. The normalized spacial score (nSPS) is 13.1. The van der Waals surface area contributed by atoms with E-state index in [0.717, 1.165) is 15.9 Å². The summed E-state index contributed by atoms with van der Waals surface area (Å²) in [5.41, 5.74) is -0.880. The maximum atomic E-state index is 12.8. The number of rotatable bonds is 4. The molecule has 0 amide bonds. The molecule has 3 heterocycles. The van der Waals surface area contributed by atoms with Gasteiger partial charge in [-0.05, 0) is 18.3 Å². The first kappa shape index (κ1) is 16.0. The molecule has 0 radical (unpaired) electrons. The molecule has 12 heteroatoms. The summed E-state index contributed by atoms with van der Waals surface area (Å²) in [6.07, 6.45) is -1.38. The van der Waals surface area contributed by atoms with Crippen LogP contribution >= 0.6 is 11.3 Å². The fraction of sp³-hybridized carbons (Fsp3) is 0.364. The number of aryl methyl sites for hydroxylation is 1. The molecule has 0 aromatic carbocycles. The van der Waals surface area contributed by atoms with Crippen LogP contribution in [-0.2, 0) is 17.7 Å². The van der Waals surface area contributed by atoms with Crippen molar-refractivity contribution in [2.24, 2.45) is 0 Å². The minimum atomic E-state index is -2.78. The van der Waals surface area contributed by atoms with Gasteiger partial charge >= 0.3 is 4.34 Å². The van der Waals surface area contributed by atoms with Gasteiger partial charge in [-0.15, -0.1) is 0 Å². The van der Waals surface area contributed by atoms with Gasteiger partial charge in [-0.25, -0.2) is 13.8 Å². The number of alkyl halides is 2. The first-order chi connectivity index (χ1) is 10.9. The molecule has 0 spiro atoms. The summed E-state index contributed by atoms with van der Waals surface area (Å²) >= 11 is -0.465. The highest BCUT2D eigenvalue weighted by Crippen LogP contribution is 2.24. The van der Waals surface area contributed by atoms with Crippen molar-refractivity contribution < 1.29 is 17.9 Å². The molecule has 0 saturated heterocycles. The Hall–Kier alpha value is -1.92. The molecule has 0 aliphatic rings. The van der Waals surface area contributed by atoms with Crippen LogP contribution in [-0.4, -0.2) is 41.9 Å². The van der Waals surface area contributed by atoms with Crippen LogP contribution in [0, 0.1) is 6.92 Å². The Balaban J connectivity index is 2.29. The van der Waals surface area contributed by atoms with Gasteiger partial charge in [0.05, 0.1) is 6.54 Å². The van der Waals surface area contributed by atoms with E-state index in [0.29, 0.717) is 0 Å². The van der Waals surface area contributed by atoms with Crippen molar-refractivity contribution in [2.45, 2.75) is 24.2 Å². The average molecular weight is 361 g/mol. The van der Waals surface area contributed by atoms with E-state index in [9.17, 15) is 18.1 Å². The number of aromatic nitrogens is 5. The average Bonchev–Trinajstić information content (AvgIpc) is 3.07. The van der Waals surface area contributed by atoms with Crippen LogP contribution in [0.4, 0.5) is 8.78 Å². The zero-order valence-electron chi connectivity index (χ0n) is 11.8. The van der Waals surface area contributed by atoms with Crippen molar-refractivity contribution in [1.82, 2.24) is 24.7 Å². The molecule has 122 valence electrons. The molecule has 3 rings (SSSR count). The minimum Gasteiger partial charge on any atom is -0.610 e. The lowest BCUT2D eigenvalue weighted by atomic mass is 10.4. The summed E-state index contributed by atoms with van der Waals surface area (Å²) in [5, 5.41) is 3.57. The molecule has 1 atom stereocenters. The van der Waals surface area contributed by atoms with Crippen molar-refractivity contribution >= 4 is 32.9 Å². The van der Waals surface area contributed by atoms with Gasteiger partial charge in [-0.1, -0.05) is 5.16 Å². The zero-order chi connectivity index (χ0) is 16.7. The van der Waals surface area contributed by atoms with Gasteiger partial charge < -0.3 is 9.08 Å². The molecule has 0 fully saturated rings. The lowest BCUT2D eigenvalue weighted by molar-refractivity contribution is 0.125. The Labute approximate surface area is 134 Å². The van der Waals surface area contributed by atoms with Gasteiger partial charge in [-0.2, -0.15) is 9.97 Å². The molecule has 1 unspecified atom stereocenters. The summed E-state index contributed by atoms with van der Waals surface area (Å²) in [7, 11) is 0. The second-order valence-corrected chi connectivity index (χ2v) is 7.01. The maximum Gasteiger partial charge on any atom is 0.304 e. The van der Waals surface area contributed by atoms with Crippen molar-refractivity contribution in [1.29, 1.82) is 0 Å². The molecule has 0 aliphatic carbocycles. The van der Waals surface area contributed by atoms with E-state index in [2.05, 4.69) is 20.1 Å². The summed E-state index contributed by atoms with van der Waals surface area (Å²) in [5.74, 6) is -0.0344. The fourth-order valence-corrected chi connectivity index (χ4v) is 3.46. The van der Waals surface area contributed by atoms with E-state index in [1.165, 1.54) is 6.26 Å². The van der Waals surface area contributed by atoms with Crippen LogP contribution in [0.25, 0.3) is 22.1 Å². The minimum absolute atomic E-state index is 0.110. The SMILES string of the molecule is Cc1noc(-c2nc3sc([S+](C)[O-])nc3c(=O)n2CC(F)F)n1. The van der Waals surface area contributed by atoms with Gasteiger partial charge in [0.25, 0.3) is 17.9 Å². The highest BCUT2D eigenvalue weighted by atomic mass is 32.2. The summed E-state index contributed by atoms with van der Waals surface area (Å²) in [6.45, 7) is 0.659. The van der Waals surface area contributed by atoms with Crippen molar-refractivity contribution in [3.05, 3.63) is 16.2 Å². The van der Waals surface area contributed by atoms with Gasteiger partial charge in [-0.3, -0.25) is 9.36 Å². The van der Waals surface area contributed by atoms with Crippen molar-refractivity contribution in [3.63, 3.8) is 0 Å². The van der Waals surface area contributed by atoms with E-state index in [-0.39, 0.29) is 32.2 Å². The highest BCUT2D eigenvalue weighted by Gasteiger charge is 2.24. The van der Waals surface area contributed by atoms with Gasteiger partial charge in [0, 0.05) is 11.2 Å². The van der Waals surface area contributed by atoms with Crippen molar-refractivity contribution in [3.8, 4) is 11.7 Å². The van der Waals surface area contributed by atoms with Crippen molar-refractivity contribution in [2.75, 3.05) is 6.26 Å². The first-order valence-electron chi connectivity index (χ1n) is 6.20. The Kier molecular flexibility index (Phi) is 4.12. The number of halogens is 2. The molecule has 3 aromatic rings. The number of hydrogen-bond donors (Lipinski definition) is 0. The Morgan fingerprint density at radius 3 is 2.70 bits per heavy atom. The molecule has 0 bridgehead atoms. The first-order valence-corrected chi connectivity index (χ1v) is 8.58. The van der Waals surface area contributed by atoms with Crippen LogP contribution in [0.15, 0.2) is 13.7 Å². The van der Waals surface area contributed by atoms with E-state index in [1.54, 1.807) is 6.92 Å². The maximum absolute atomic E-state index is 12.8. The van der Waals surface area contributed by atoms with Crippen LogP contribution in [0.3, 0.4) is 0 Å². The molecule has 3 aromatic heterocycles. The van der Waals surface area contributed by atoms with Crippen LogP contribution in [0.2, 0.25) is 0 Å². The highest BCUT2D eigenvalue weighted by molar-refractivity contribution is 7.92.